The van der Waals surface area contributed by atoms with Gasteiger partial charge in [0.15, 0.2) is 0 Å². The topological polar surface area (TPSA) is 52.6 Å². The van der Waals surface area contributed by atoms with Crippen molar-refractivity contribution in [2.75, 3.05) is 49.1 Å². The number of carbonyl (C=O) groups excluding carboxylic acids is 1. The fraction of sp³-hybridized carbons (Fsp3) is 0.409. The molecule has 3 heterocycles. The summed E-state index contributed by atoms with van der Waals surface area (Å²) in [6.07, 6.45) is 5.91. The average Bonchev–Trinajstić information content (AvgIpc) is 3.28. The van der Waals surface area contributed by atoms with Gasteiger partial charge in [0.2, 0.25) is 11.9 Å². The third kappa shape index (κ3) is 4.88. The maximum atomic E-state index is 12.5. The smallest absolute Gasteiger partial charge is 0.246 e. The van der Waals surface area contributed by atoms with E-state index in [9.17, 15) is 4.79 Å². The van der Waals surface area contributed by atoms with E-state index in [1.165, 1.54) is 12.8 Å². The fourth-order valence-electron chi connectivity index (χ4n) is 3.76. The van der Waals surface area contributed by atoms with Crippen LogP contribution in [0.25, 0.3) is 6.08 Å². The quantitative estimate of drug-likeness (QED) is 0.722. The van der Waals surface area contributed by atoms with Gasteiger partial charge in [-0.25, -0.2) is 4.98 Å². The van der Waals surface area contributed by atoms with Crippen LogP contribution in [0.2, 0.25) is 5.02 Å². The number of amides is 1. The molecule has 0 spiro atoms. The molecule has 2 fully saturated rings. The van der Waals surface area contributed by atoms with Crippen molar-refractivity contribution < 1.29 is 4.79 Å². The normalized spacial score (nSPS) is 17.4. The molecule has 0 saturated carbocycles. The second kappa shape index (κ2) is 8.82. The first-order chi connectivity index (χ1) is 14.1. The Morgan fingerprint density at radius 2 is 1.66 bits per heavy atom. The van der Waals surface area contributed by atoms with E-state index in [1.807, 2.05) is 42.2 Å². The molecule has 152 valence electrons. The zero-order chi connectivity index (χ0) is 20.2. The number of hydrogen-bond acceptors (Lipinski definition) is 5. The Kier molecular flexibility index (Phi) is 6.00. The predicted molar refractivity (Wildman–Crippen MR) is 117 cm³/mol. The van der Waals surface area contributed by atoms with Crippen molar-refractivity contribution in [3.63, 3.8) is 0 Å². The minimum atomic E-state index is 0.0301. The molecule has 2 aliphatic heterocycles. The van der Waals surface area contributed by atoms with Crippen LogP contribution in [0.3, 0.4) is 0 Å². The summed E-state index contributed by atoms with van der Waals surface area (Å²) < 4.78 is 0. The summed E-state index contributed by atoms with van der Waals surface area (Å²) in [6.45, 7) is 6.97. The molecule has 0 atom stereocenters. The SMILES string of the molecule is Cc1cc(N2CCCC2)nc(N2CCN(C(=O)/C=C/c3ccc(Cl)cc3)CC2)n1. The van der Waals surface area contributed by atoms with Gasteiger partial charge in [0.05, 0.1) is 0 Å². The van der Waals surface area contributed by atoms with Gasteiger partial charge >= 0.3 is 0 Å². The first-order valence-electron chi connectivity index (χ1n) is 10.2. The summed E-state index contributed by atoms with van der Waals surface area (Å²) in [5.41, 5.74) is 1.95. The second-order valence-corrected chi connectivity index (χ2v) is 8.00. The van der Waals surface area contributed by atoms with Gasteiger partial charge in [-0.3, -0.25) is 4.79 Å². The maximum absolute atomic E-state index is 12.5. The van der Waals surface area contributed by atoms with Crippen molar-refractivity contribution in [2.45, 2.75) is 19.8 Å². The zero-order valence-electron chi connectivity index (χ0n) is 16.7. The summed E-state index contributed by atoms with van der Waals surface area (Å²) >= 11 is 5.90. The molecule has 2 saturated heterocycles. The fourth-order valence-corrected chi connectivity index (χ4v) is 3.89. The molecular weight excluding hydrogens is 386 g/mol. The predicted octanol–water partition coefficient (Wildman–Crippen LogP) is 3.40. The van der Waals surface area contributed by atoms with Crippen LogP contribution in [0.15, 0.2) is 36.4 Å². The van der Waals surface area contributed by atoms with Gasteiger partial charge in [0.1, 0.15) is 5.82 Å². The summed E-state index contributed by atoms with van der Waals surface area (Å²) in [4.78, 5) is 28.4. The Hall–Kier alpha value is -2.60. The molecule has 0 N–H and O–H groups in total. The lowest BCUT2D eigenvalue weighted by Crippen LogP contribution is -2.49. The van der Waals surface area contributed by atoms with Gasteiger partial charge in [-0.1, -0.05) is 23.7 Å². The first-order valence-corrected chi connectivity index (χ1v) is 10.5. The molecule has 0 radical (unpaired) electrons. The molecule has 1 aromatic heterocycles. The van der Waals surface area contributed by atoms with Crippen molar-refractivity contribution in [3.05, 3.63) is 52.7 Å². The molecule has 1 aromatic carbocycles. The van der Waals surface area contributed by atoms with Crippen LogP contribution in [-0.4, -0.2) is 60.0 Å². The van der Waals surface area contributed by atoms with Crippen LogP contribution in [0, 0.1) is 6.92 Å². The van der Waals surface area contributed by atoms with Crippen LogP contribution < -0.4 is 9.80 Å². The third-order valence-corrected chi connectivity index (χ3v) is 5.67. The molecule has 0 unspecified atom stereocenters. The molecule has 6 nitrogen and oxygen atoms in total. The van der Waals surface area contributed by atoms with E-state index in [0.717, 1.165) is 49.2 Å². The number of aromatic nitrogens is 2. The van der Waals surface area contributed by atoms with Gasteiger partial charge in [-0.15, -0.1) is 0 Å². The van der Waals surface area contributed by atoms with E-state index < -0.39 is 0 Å². The number of rotatable bonds is 4. The Morgan fingerprint density at radius 3 is 2.34 bits per heavy atom. The molecule has 2 aliphatic rings. The first kappa shape index (κ1) is 19.7. The summed E-state index contributed by atoms with van der Waals surface area (Å²) in [5, 5.41) is 0.691. The number of nitrogens with zero attached hydrogens (tertiary/aromatic N) is 5. The van der Waals surface area contributed by atoms with E-state index in [0.29, 0.717) is 18.1 Å². The van der Waals surface area contributed by atoms with Crippen LogP contribution in [0.4, 0.5) is 11.8 Å². The van der Waals surface area contributed by atoms with E-state index in [4.69, 9.17) is 16.6 Å². The van der Waals surface area contributed by atoms with E-state index in [2.05, 4.69) is 20.9 Å². The van der Waals surface area contributed by atoms with E-state index >= 15 is 0 Å². The molecule has 29 heavy (non-hydrogen) atoms. The van der Waals surface area contributed by atoms with Crippen molar-refractivity contribution in [1.82, 2.24) is 14.9 Å². The highest BCUT2D eigenvalue weighted by Gasteiger charge is 2.23. The van der Waals surface area contributed by atoms with Crippen molar-refractivity contribution >= 4 is 35.4 Å². The lowest BCUT2D eigenvalue weighted by molar-refractivity contribution is -0.126. The zero-order valence-corrected chi connectivity index (χ0v) is 17.5. The monoisotopic (exact) mass is 411 g/mol. The highest BCUT2D eigenvalue weighted by Crippen LogP contribution is 2.22. The van der Waals surface area contributed by atoms with Gasteiger partial charge in [0, 0.05) is 62.1 Å². The summed E-state index contributed by atoms with van der Waals surface area (Å²) in [7, 11) is 0. The number of benzene rings is 1. The standard InChI is InChI=1S/C22H26ClN5O/c1-17-16-20(26-10-2-3-11-26)25-22(24-17)28-14-12-27(13-15-28)21(29)9-6-18-4-7-19(23)8-5-18/h4-9,16H,2-3,10-15H2,1H3/b9-6+. The van der Waals surface area contributed by atoms with Gasteiger partial charge in [-0.05, 0) is 43.5 Å². The molecule has 0 bridgehead atoms. The lowest BCUT2D eigenvalue weighted by Gasteiger charge is -2.34. The minimum Gasteiger partial charge on any atom is -0.356 e. The van der Waals surface area contributed by atoms with Crippen molar-refractivity contribution in [1.29, 1.82) is 0 Å². The number of piperazine rings is 1. The number of aryl methyl sites for hydroxylation is 1. The van der Waals surface area contributed by atoms with E-state index in [1.54, 1.807) is 6.08 Å². The highest BCUT2D eigenvalue weighted by atomic mass is 35.5. The van der Waals surface area contributed by atoms with Crippen LogP contribution in [0.5, 0.6) is 0 Å². The Balaban J connectivity index is 1.36. The molecule has 1 amide bonds. The highest BCUT2D eigenvalue weighted by molar-refractivity contribution is 6.30. The third-order valence-electron chi connectivity index (χ3n) is 5.42. The second-order valence-electron chi connectivity index (χ2n) is 7.56. The minimum absolute atomic E-state index is 0.0301. The molecule has 2 aromatic rings. The van der Waals surface area contributed by atoms with Gasteiger partial charge in [-0.2, -0.15) is 4.98 Å². The maximum Gasteiger partial charge on any atom is 0.246 e. The van der Waals surface area contributed by atoms with Gasteiger partial charge < -0.3 is 14.7 Å². The molecule has 0 aliphatic carbocycles. The van der Waals surface area contributed by atoms with Crippen LogP contribution >= 0.6 is 11.6 Å². The van der Waals surface area contributed by atoms with Crippen LogP contribution in [0.1, 0.15) is 24.1 Å². The Labute approximate surface area is 176 Å². The summed E-state index contributed by atoms with van der Waals surface area (Å²) in [6, 6.07) is 9.51. The molecular formula is C22H26ClN5O. The van der Waals surface area contributed by atoms with Crippen LogP contribution in [-0.2, 0) is 4.79 Å². The van der Waals surface area contributed by atoms with E-state index in [-0.39, 0.29) is 5.91 Å². The largest absolute Gasteiger partial charge is 0.356 e. The number of anilines is 2. The molecule has 4 rings (SSSR count). The number of carbonyl (C=O) groups is 1. The number of halogens is 1. The Morgan fingerprint density at radius 1 is 0.966 bits per heavy atom. The number of hydrogen-bond donors (Lipinski definition) is 0. The van der Waals surface area contributed by atoms with Crippen molar-refractivity contribution in [2.24, 2.45) is 0 Å². The Bertz CT molecular complexity index is 885. The lowest BCUT2D eigenvalue weighted by atomic mass is 10.2. The van der Waals surface area contributed by atoms with Gasteiger partial charge in [0.25, 0.3) is 0 Å². The molecule has 7 heteroatoms. The average molecular weight is 412 g/mol. The van der Waals surface area contributed by atoms with Crippen molar-refractivity contribution in [3.8, 4) is 0 Å². The summed E-state index contributed by atoms with van der Waals surface area (Å²) in [5.74, 6) is 1.83.